The number of aliphatic carboxylic acids is 1. The van der Waals surface area contributed by atoms with Crippen molar-refractivity contribution in [2.45, 2.75) is 94.0 Å². The molecule has 0 spiro atoms. The molecule has 6 amide bonds. The third-order valence-corrected chi connectivity index (χ3v) is 9.92. The summed E-state index contributed by atoms with van der Waals surface area (Å²) in [5.41, 5.74) is 17.5. The number of aliphatic imine (C=N–C) groups is 1. The van der Waals surface area contributed by atoms with E-state index in [0.717, 1.165) is 4.90 Å². The van der Waals surface area contributed by atoms with Crippen molar-refractivity contribution in [2.75, 3.05) is 39.3 Å². The van der Waals surface area contributed by atoms with E-state index in [1.165, 1.54) is 9.80 Å². The van der Waals surface area contributed by atoms with Gasteiger partial charge in [-0.3, -0.25) is 33.8 Å². The Kier molecular flexibility index (Phi) is 15.1. The maximum absolute atomic E-state index is 13.7. The minimum atomic E-state index is -1.45. The number of carboxylic acids is 1. The fourth-order valence-electron chi connectivity index (χ4n) is 7.17. The normalized spacial score (nSPS) is 21.1. The number of nitrogens with one attached hydrogen (secondary N) is 3. The number of nitrogens with zero attached hydrogens (tertiary/aromatic N) is 4. The second-order valence-corrected chi connectivity index (χ2v) is 13.7. The molecule has 3 saturated heterocycles. The van der Waals surface area contributed by atoms with Crippen LogP contribution in [0.15, 0.2) is 35.3 Å². The van der Waals surface area contributed by atoms with Crippen LogP contribution in [-0.4, -0.2) is 148 Å². The highest BCUT2D eigenvalue weighted by molar-refractivity contribution is 5.96. The number of carbonyl (C=O) groups is 7. The number of carboxylic acid groups (broad SMARTS) is 1. The number of carbonyl (C=O) groups excluding carboxylic acids is 6. The fourth-order valence-corrected chi connectivity index (χ4v) is 7.17. The summed E-state index contributed by atoms with van der Waals surface area (Å²) in [5.74, 6) is -4.83. The van der Waals surface area contributed by atoms with Crippen LogP contribution in [0.25, 0.3) is 0 Å². The Bertz CT molecular complexity index is 1560. The van der Waals surface area contributed by atoms with Gasteiger partial charge in [0.25, 0.3) is 0 Å². The SMILES string of the molecule is NC(N)=NCCC[C@H](N)C(=O)N1CCC[C@H]1C(=O)N1CCC[C@H]1C(=O)NCC(=O)N[C@H](Cc1ccccc1)C(=O)N[C@H](CO)C(=O)N1CCC[C@@H]1C(=O)O. The molecule has 1 aromatic carbocycles. The van der Waals surface area contributed by atoms with Gasteiger partial charge >= 0.3 is 5.97 Å². The van der Waals surface area contributed by atoms with Gasteiger partial charge in [-0.05, 0) is 56.9 Å². The fraction of sp³-hybridized carbons (Fsp3) is 0.600. The van der Waals surface area contributed by atoms with Crippen LogP contribution in [0.3, 0.4) is 0 Å². The lowest BCUT2D eigenvalue weighted by Crippen LogP contribution is -2.58. The monoisotopic (exact) mass is 756 g/mol. The van der Waals surface area contributed by atoms with Gasteiger partial charge < -0.3 is 58.1 Å². The minimum absolute atomic E-state index is 0.00159. The Labute approximate surface area is 313 Å². The number of nitrogens with two attached hydrogens (primary N) is 3. The standard InChI is InChI=1S/C35H52N10O9/c36-22(10-4-14-39-35(37)38)31(50)44-16-6-12-26(44)33(52)43-15-5-11-25(43)30(49)40-19-28(47)41-23(18-21-8-2-1-3-9-21)29(48)42-24(20-46)32(51)45-17-7-13-27(45)34(53)54/h1-3,8-9,22-27,46H,4-7,10-20,36H2,(H,40,49)(H,41,47)(H,42,48)(H,53,54)(H4,37,38,39)/t22-,23+,24+,25-,26-,27+/m0/s1. The second kappa shape index (κ2) is 19.7. The lowest BCUT2D eigenvalue weighted by atomic mass is 10.0. The third kappa shape index (κ3) is 10.9. The molecule has 19 heteroatoms. The quantitative estimate of drug-likeness (QED) is 0.0442. The summed E-state index contributed by atoms with van der Waals surface area (Å²) in [5, 5.41) is 27.1. The number of aliphatic hydroxyl groups excluding tert-OH is 1. The summed E-state index contributed by atoms with van der Waals surface area (Å²) in [7, 11) is 0. The van der Waals surface area contributed by atoms with Gasteiger partial charge in [-0.2, -0.15) is 0 Å². The number of hydrogen-bond acceptors (Lipinski definition) is 10. The van der Waals surface area contributed by atoms with Gasteiger partial charge in [0, 0.05) is 32.6 Å². The van der Waals surface area contributed by atoms with Crippen molar-refractivity contribution < 1.29 is 43.8 Å². The number of aliphatic hydroxyl groups is 1. The first-order chi connectivity index (χ1) is 25.8. The molecule has 19 nitrogen and oxygen atoms in total. The molecular weight excluding hydrogens is 704 g/mol. The molecule has 0 unspecified atom stereocenters. The minimum Gasteiger partial charge on any atom is -0.480 e. The summed E-state index contributed by atoms with van der Waals surface area (Å²) >= 11 is 0. The Hall–Kier alpha value is -5.30. The lowest BCUT2D eigenvalue weighted by Gasteiger charge is -2.32. The van der Waals surface area contributed by atoms with E-state index in [2.05, 4.69) is 20.9 Å². The third-order valence-electron chi connectivity index (χ3n) is 9.92. The highest BCUT2D eigenvalue weighted by atomic mass is 16.4. The molecule has 296 valence electrons. The van der Waals surface area contributed by atoms with Crippen molar-refractivity contribution in [3.63, 3.8) is 0 Å². The average molecular weight is 757 g/mol. The highest BCUT2D eigenvalue weighted by Crippen LogP contribution is 2.26. The molecule has 0 bridgehead atoms. The van der Waals surface area contributed by atoms with Crippen molar-refractivity contribution in [1.82, 2.24) is 30.7 Å². The van der Waals surface area contributed by atoms with E-state index in [0.29, 0.717) is 70.1 Å². The summed E-state index contributed by atoms with van der Waals surface area (Å²) in [6, 6.07) is 2.47. The zero-order chi connectivity index (χ0) is 39.4. The number of amides is 6. The smallest absolute Gasteiger partial charge is 0.326 e. The number of benzene rings is 1. The molecule has 11 N–H and O–H groups in total. The maximum atomic E-state index is 13.7. The maximum Gasteiger partial charge on any atom is 0.326 e. The molecule has 4 rings (SSSR count). The van der Waals surface area contributed by atoms with Gasteiger partial charge in [0.1, 0.15) is 30.2 Å². The van der Waals surface area contributed by atoms with Crippen molar-refractivity contribution in [1.29, 1.82) is 0 Å². The van der Waals surface area contributed by atoms with Crippen LogP contribution in [-0.2, 0) is 40.0 Å². The summed E-state index contributed by atoms with van der Waals surface area (Å²) < 4.78 is 0. The van der Waals surface area contributed by atoms with Crippen molar-refractivity contribution >= 4 is 47.4 Å². The van der Waals surface area contributed by atoms with Crippen LogP contribution in [0.5, 0.6) is 0 Å². The van der Waals surface area contributed by atoms with Crippen LogP contribution in [0.1, 0.15) is 56.9 Å². The predicted octanol–water partition coefficient (Wildman–Crippen LogP) is -3.25. The van der Waals surface area contributed by atoms with Crippen LogP contribution >= 0.6 is 0 Å². The lowest BCUT2D eigenvalue weighted by molar-refractivity contribution is -0.150. The van der Waals surface area contributed by atoms with Gasteiger partial charge in [-0.15, -0.1) is 0 Å². The van der Waals surface area contributed by atoms with Gasteiger partial charge in [0.05, 0.1) is 19.2 Å². The first kappa shape index (κ1) is 41.5. The highest BCUT2D eigenvalue weighted by Gasteiger charge is 2.43. The molecule has 6 atom stereocenters. The molecule has 0 radical (unpaired) electrons. The average Bonchev–Trinajstić information content (AvgIpc) is 3.95. The zero-order valence-corrected chi connectivity index (χ0v) is 30.2. The van der Waals surface area contributed by atoms with Crippen molar-refractivity contribution in [3.05, 3.63) is 35.9 Å². The largest absolute Gasteiger partial charge is 0.480 e. The molecule has 1 aromatic rings. The summed E-state index contributed by atoms with van der Waals surface area (Å²) in [6.07, 6.45) is 3.41. The molecule has 3 fully saturated rings. The van der Waals surface area contributed by atoms with E-state index in [4.69, 9.17) is 17.2 Å². The first-order valence-corrected chi connectivity index (χ1v) is 18.3. The molecule has 0 aliphatic carbocycles. The molecular formula is C35H52N10O9. The number of likely N-dealkylation sites (tertiary alicyclic amines) is 3. The Morgan fingerprint density at radius 3 is 2.06 bits per heavy atom. The Morgan fingerprint density at radius 1 is 0.815 bits per heavy atom. The molecule has 0 saturated carbocycles. The molecule has 3 heterocycles. The number of hydrogen-bond donors (Lipinski definition) is 8. The molecule has 3 aliphatic rings. The number of guanidine groups is 1. The topological polar surface area (TPSA) is 296 Å². The van der Waals surface area contributed by atoms with E-state index in [1.807, 2.05) is 0 Å². The van der Waals surface area contributed by atoms with E-state index in [1.54, 1.807) is 30.3 Å². The van der Waals surface area contributed by atoms with Crippen LogP contribution < -0.4 is 33.2 Å². The number of rotatable bonds is 17. The molecule has 54 heavy (non-hydrogen) atoms. The van der Waals surface area contributed by atoms with Crippen LogP contribution in [0.4, 0.5) is 0 Å². The second-order valence-electron chi connectivity index (χ2n) is 13.7. The van der Waals surface area contributed by atoms with E-state index in [-0.39, 0.29) is 37.2 Å². The van der Waals surface area contributed by atoms with Crippen LogP contribution in [0, 0.1) is 0 Å². The van der Waals surface area contributed by atoms with E-state index < -0.39 is 79.0 Å². The van der Waals surface area contributed by atoms with Gasteiger partial charge in [0.15, 0.2) is 5.96 Å². The van der Waals surface area contributed by atoms with E-state index in [9.17, 15) is 43.8 Å². The Morgan fingerprint density at radius 2 is 1.43 bits per heavy atom. The first-order valence-electron chi connectivity index (χ1n) is 18.3. The summed E-state index contributed by atoms with van der Waals surface area (Å²) in [6.45, 7) is -0.212. The zero-order valence-electron chi connectivity index (χ0n) is 30.2. The van der Waals surface area contributed by atoms with Gasteiger partial charge in [0.2, 0.25) is 35.4 Å². The van der Waals surface area contributed by atoms with E-state index >= 15 is 0 Å². The Balaban J connectivity index is 1.35. The van der Waals surface area contributed by atoms with Crippen molar-refractivity contribution in [2.24, 2.45) is 22.2 Å². The molecule has 0 aromatic heterocycles. The van der Waals surface area contributed by atoms with Crippen LogP contribution in [0.2, 0.25) is 0 Å². The van der Waals surface area contributed by atoms with Gasteiger partial charge in [-0.1, -0.05) is 30.3 Å². The van der Waals surface area contributed by atoms with Gasteiger partial charge in [-0.25, -0.2) is 4.79 Å². The van der Waals surface area contributed by atoms with Crippen molar-refractivity contribution in [3.8, 4) is 0 Å². The molecule has 3 aliphatic heterocycles. The predicted molar refractivity (Wildman–Crippen MR) is 194 cm³/mol. The summed E-state index contributed by atoms with van der Waals surface area (Å²) in [4.78, 5) is 99.6.